The Morgan fingerprint density at radius 1 is 1.54 bits per heavy atom. The molecule has 2 atom stereocenters. The highest BCUT2D eigenvalue weighted by Gasteiger charge is 2.37. The predicted molar refractivity (Wildman–Crippen MR) is 52.7 cm³/mol. The molecule has 2 unspecified atom stereocenters. The lowest BCUT2D eigenvalue weighted by molar-refractivity contribution is -0.0984. The van der Waals surface area contributed by atoms with Crippen molar-refractivity contribution < 1.29 is 9.84 Å². The zero-order valence-electron chi connectivity index (χ0n) is 8.68. The topological polar surface area (TPSA) is 41.5 Å². The van der Waals surface area contributed by atoms with E-state index in [-0.39, 0.29) is 0 Å². The molecule has 0 saturated carbocycles. The molecule has 0 aliphatic carbocycles. The lowest BCUT2D eigenvalue weighted by Gasteiger charge is -2.39. The van der Waals surface area contributed by atoms with Crippen LogP contribution in [-0.2, 0) is 4.74 Å². The zero-order chi connectivity index (χ0) is 9.73. The lowest BCUT2D eigenvalue weighted by atomic mass is 9.81. The average Bonchev–Trinajstić information content (AvgIpc) is 2.16. The van der Waals surface area contributed by atoms with Crippen LogP contribution >= 0.6 is 0 Å². The van der Waals surface area contributed by atoms with Gasteiger partial charge in [-0.15, -0.1) is 0 Å². The van der Waals surface area contributed by atoms with E-state index in [9.17, 15) is 5.11 Å². The van der Waals surface area contributed by atoms with E-state index in [1.54, 1.807) is 0 Å². The maximum absolute atomic E-state index is 10.3. The summed E-state index contributed by atoms with van der Waals surface area (Å²) in [6.45, 7) is 7.08. The Morgan fingerprint density at radius 3 is 2.92 bits per heavy atom. The molecule has 0 aromatic carbocycles. The van der Waals surface area contributed by atoms with Crippen LogP contribution < -0.4 is 5.32 Å². The van der Waals surface area contributed by atoms with E-state index in [0.717, 1.165) is 25.9 Å². The Balaban J connectivity index is 2.49. The largest absolute Gasteiger partial charge is 0.387 e. The van der Waals surface area contributed by atoms with Gasteiger partial charge in [0.25, 0.3) is 0 Å². The molecular formula is C10H21NO2. The fourth-order valence-corrected chi connectivity index (χ4v) is 1.97. The Bertz CT molecular complexity index is 152. The van der Waals surface area contributed by atoms with Crippen LogP contribution in [0.5, 0.6) is 0 Å². The van der Waals surface area contributed by atoms with Gasteiger partial charge in [0.1, 0.15) is 0 Å². The van der Waals surface area contributed by atoms with Gasteiger partial charge in [-0.05, 0) is 26.3 Å². The number of aliphatic hydroxyl groups is 1. The quantitative estimate of drug-likeness (QED) is 0.683. The molecule has 1 saturated heterocycles. The summed E-state index contributed by atoms with van der Waals surface area (Å²) in [6, 6.07) is 0. The summed E-state index contributed by atoms with van der Waals surface area (Å²) in [5.41, 5.74) is -0.587. The van der Waals surface area contributed by atoms with Crippen LogP contribution in [0.15, 0.2) is 0 Å². The first kappa shape index (κ1) is 11.0. The fraction of sp³-hybridized carbons (Fsp3) is 1.00. The molecule has 3 nitrogen and oxygen atoms in total. The Hall–Kier alpha value is -0.120. The minimum atomic E-state index is -0.587. The molecule has 13 heavy (non-hydrogen) atoms. The summed E-state index contributed by atoms with van der Waals surface area (Å²) < 4.78 is 5.33. The van der Waals surface area contributed by atoms with E-state index in [2.05, 4.69) is 12.2 Å². The minimum absolute atomic E-state index is 0.341. The van der Waals surface area contributed by atoms with Crippen LogP contribution in [0.1, 0.15) is 26.7 Å². The number of nitrogens with one attached hydrogen (secondary N) is 1. The summed E-state index contributed by atoms with van der Waals surface area (Å²) >= 11 is 0. The van der Waals surface area contributed by atoms with Gasteiger partial charge in [-0.2, -0.15) is 0 Å². The highest BCUT2D eigenvalue weighted by molar-refractivity contribution is 4.91. The van der Waals surface area contributed by atoms with Gasteiger partial charge < -0.3 is 15.2 Å². The summed E-state index contributed by atoms with van der Waals surface area (Å²) in [5.74, 6) is 0.341. The van der Waals surface area contributed by atoms with Crippen molar-refractivity contribution in [2.75, 3.05) is 26.3 Å². The standard InChI is InChI=1S/C10H21NO2/c1-3-9-7-11-6-5-10(9,12)8-13-4-2/h9,11-12H,3-8H2,1-2H3. The van der Waals surface area contributed by atoms with E-state index >= 15 is 0 Å². The molecule has 3 heteroatoms. The minimum Gasteiger partial charge on any atom is -0.387 e. The van der Waals surface area contributed by atoms with Crippen molar-refractivity contribution in [2.45, 2.75) is 32.3 Å². The summed E-state index contributed by atoms with van der Waals surface area (Å²) in [5, 5.41) is 13.6. The molecule has 1 heterocycles. The van der Waals surface area contributed by atoms with Gasteiger partial charge in [-0.1, -0.05) is 6.92 Å². The zero-order valence-corrected chi connectivity index (χ0v) is 8.68. The fourth-order valence-electron chi connectivity index (χ4n) is 1.97. The van der Waals surface area contributed by atoms with Crippen LogP contribution in [0.3, 0.4) is 0 Å². The summed E-state index contributed by atoms with van der Waals surface area (Å²) in [7, 11) is 0. The van der Waals surface area contributed by atoms with Crippen molar-refractivity contribution in [2.24, 2.45) is 5.92 Å². The van der Waals surface area contributed by atoms with Crippen molar-refractivity contribution in [1.29, 1.82) is 0 Å². The van der Waals surface area contributed by atoms with Crippen LogP contribution in [0.2, 0.25) is 0 Å². The van der Waals surface area contributed by atoms with Crippen molar-refractivity contribution in [1.82, 2.24) is 5.32 Å². The maximum Gasteiger partial charge on any atom is 0.0932 e. The molecular weight excluding hydrogens is 166 g/mol. The number of rotatable bonds is 4. The normalized spacial score (nSPS) is 34.8. The molecule has 0 radical (unpaired) electrons. The van der Waals surface area contributed by atoms with Gasteiger partial charge in [0.15, 0.2) is 0 Å². The van der Waals surface area contributed by atoms with Gasteiger partial charge in [-0.25, -0.2) is 0 Å². The second kappa shape index (κ2) is 4.94. The number of piperidine rings is 1. The van der Waals surface area contributed by atoms with Crippen LogP contribution in [-0.4, -0.2) is 37.0 Å². The molecule has 0 amide bonds. The molecule has 78 valence electrons. The van der Waals surface area contributed by atoms with E-state index < -0.39 is 5.60 Å². The van der Waals surface area contributed by atoms with Gasteiger partial charge in [0.2, 0.25) is 0 Å². The molecule has 2 N–H and O–H groups in total. The SMILES string of the molecule is CCOCC1(O)CCNCC1CC. The van der Waals surface area contributed by atoms with E-state index in [4.69, 9.17) is 4.74 Å². The first-order chi connectivity index (χ1) is 6.23. The molecule has 1 aliphatic heterocycles. The molecule has 0 bridgehead atoms. The molecule has 1 rings (SSSR count). The third kappa shape index (κ3) is 2.66. The van der Waals surface area contributed by atoms with Crippen LogP contribution in [0.25, 0.3) is 0 Å². The average molecular weight is 187 g/mol. The van der Waals surface area contributed by atoms with Crippen molar-refractivity contribution >= 4 is 0 Å². The van der Waals surface area contributed by atoms with Crippen molar-refractivity contribution in [3.05, 3.63) is 0 Å². The van der Waals surface area contributed by atoms with Crippen LogP contribution in [0, 0.1) is 5.92 Å². The second-order valence-electron chi connectivity index (χ2n) is 3.80. The van der Waals surface area contributed by atoms with Crippen molar-refractivity contribution in [3.8, 4) is 0 Å². The lowest BCUT2D eigenvalue weighted by Crippen LogP contribution is -2.52. The first-order valence-corrected chi connectivity index (χ1v) is 5.23. The first-order valence-electron chi connectivity index (χ1n) is 5.23. The highest BCUT2D eigenvalue weighted by Crippen LogP contribution is 2.27. The predicted octanol–water partition coefficient (Wildman–Crippen LogP) is 0.773. The van der Waals surface area contributed by atoms with E-state index in [0.29, 0.717) is 19.1 Å². The van der Waals surface area contributed by atoms with Gasteiger partial charge >= 0.3 is 0 Å². The Labute approximate surface area is 80.5 Å². The number of hydrogen-bond acceptors (Lipinski definition) is 3. The third-order valence-electron chi connectivity index (χ3n) is 2.93. The van der Waals surface area contributed by atoms with Gasteiger partial charge in [0, 0.05) is 19.1 Å². The molecule has 1 fully saturated rings. The Kier molecular flexibility index (Phi) is 4.16. The van der Waals surface area contributed by atoms with Crippen LogP contribution in [0.4, 0.5) is 0 Å². The highest BCUT2D eigenvalue weighted by atomic mass is 16.5. The summed E-state index contributed by atoms with van der Waals surface area (Å²) in [4.78, 5) is 0. The van der Waals surface area contributed by atoms with Gasteiger partial charge in [-0.3, -0.25) is 0 Å². The molecule has 0 aromatic rings. The van der Waals surface area contributed by atoms with E-state index in [1.165, 1.54) is 0 Å². The molecule has 1 aliphatic rings. The smallest absolute Gasteiger partial charge is 0.0932 e. The van der Waals surface area contributed by atoms with Crippen molar-refractivity contribution in [3.63, 3.8) is 0 Å². The van der Waals surface area contributed by atoms with E-state index in [1.807, 2.05) is 6.92 Å². The third-order valence-corrected chi connectivity index (χ3v) is 2.93. The molecule has 0 spiro atoms. The second-order valence-corrected chi connectivity index (χ2v) is 3.80. The summed E-state index contributed by atoms with van der Waals surface area (Å²) in [6.07, 6.45) is 1.82. The maximum atomic E-state index is 10.3. The monoisotopic (exact) mass is 187 g/mol. The molecule has 0 aromatic heterocycles. The number of hydrogen-bond donors (Lipinski definition) is 2. The number of ether oxygens (including phenoxy) is 1. The Morgan fingerprint density at radius 2 is 2.31 bits per heavy atom. The van der Waals surface area contributed by atoms with Gasteiger partial charge in [0.05, 0.1) is 12.2 Å².